The molecule has 7 heteroatoms. The van der Waals surface area contributed by atoms with Gasteiger partial charge in [-0.3, -0.25) is 14.1 Å². The van der Waals surface area contributed by atoms with E-state index in [9.17, 15) is 9.59 Å². The quantitative estimate of drug-likeness (QED) is 0.584. The van der Waals surface area contributed by atoms with E-state index < -0.39 is 0 Å². The Labute approximate surface area is 189 Å². The van der Waals surface area contributed by atoms with Crippen LogP contribution in [0, 0.1) is 0 Å². The zero-order valence-corrected chi connectivity index (χ0v) is 19.6. The minimum atomic E-state index is -0.341. The minimum absolute atomic E-state index is 0.160. The zero-order chi connectivity index (χ0) is 23.3. The highest BCUT2D eigenvalue weighted by molar-refractivity contribution is 5.95. The number of aryl methyl sites for hydroxylation is 1. The summed E-state index contributed by atoms with van der Waals surface area (Å²) in [5, 5.41) is 6.01. The summed E-state index contributed by atoms with van der Waals surface area (Å²) in [6.07, 6.45) is 3.20. The first kappa shape index (κ1) is 23.3. The van der Waals surface area contributed by atoms with Crippen molar-refractivity contribution in [2.75, 3.05) is 18.0 Å². The van der Waals surface area contributed by atoms with Crippen LogP contribution in [0.4, 0.5) is 10.6 Å². The van der Waals surface area contributed by atoms with Crippen molar-refractivity contribution in [2.24, 2.45) is 0 Å². The molecule has 0 saturated carbocycles. The molecule has 0 aliphatic carbocycles. The van der Waals surface area contributed by atoms with E-state index in [1.165, 1.54) is 5.56 Å². The van der Waals surface area contributed by atoms with Crippen molar-refractivity contribution in [3.63, 3.8) is 0 Å². The fourth-order valence-corrected chi connectivity index (χ4v) is 3.59. The highest BCUT2D eigenvalue weighted by Gasteiger charge is 2.23. The van der Waals surface area contributed by atoms with Crippen LogP contribution in [0.3, 0.4) is 0 Å². The molecule has 2 aromatic heterocycles. The SMILES string of the molecule is CCc1nc2ccc(C(=O)NC(C)(C)C)cn2c1N(CC)C(=O)NCCc1ccccc1. The predicted octanol–water partition coefficient (Wildman–Crippen LogP) is 4.20. The summed E-state index contributed by atoms with van der Waals surface area (Å²) in [5.41, 5.74) is 2.88. The number of carbonyl (C=O) groups excluding carboxylic acids is 2. The molecule has 0 saturated heterocycles. The lowest BCUT2D eigenvalue weighted by atomic mass is 10.1. The molecule has 0 aliphatic heterocycles. The van der Waals surface area contributed by atoms with Crippen molar-refractivity contribution in [3.05, 3.63) is 65.5 Å². The lowest BCUT2D eigenvalue weighted by molar-refractivity contribution is 0.0919. The summed E-state index contributed by atoms with van der Waals surface area (Å²) < 4.78 is 1.84. The summed E-state index contributed by atoms with van der Waals surface area (Å²) in [5.74, 6) is 0.542. The molecule has 0 atom stereocenters. The average Bonchev–Trinajstić information content (AvgIpc) is 3.11. The molecular formula is C25H33N5O2. The van der Waals surface area contributed by atoms with E-state index in [2.05, 4.69) is 10.6 Å². The normalized spacial score (nSPS) is 11.4. The van der Waals surface area contributed by atoms with Gasteiger partial charge < -0.3 is 10.6 Å². The van der Waals surface area contributed by atoms with Gasteiger partial charge in [-0.1, -0.05) is 37.3 Å². The van der Waals surface area contributed by atoms with Gasteiger partial charge >= 0.3 is 6.03 Å². The number of urea groups is 1. The van der Waals surface area contributed by atoms with Crippen LogP contribution in [0.15, 0.2) is 48.7 Å². The summed E-state index contributed by atoms with van der Waals surface area (Å²) >= 11 is 0. The molecule has 7 nitrogen and oxygen atoms in total. The topological polar surface area (TPSA) is 78.7 Å². The third kappa shape index (κ3) is 5.46. The number of amides is 3. The van der Waals surface area contributed by atoms with Gasteiger partial charge in [0.2, 0.25) is 0 Å². The number of hydrogen-bond donors (Lipinski definition) is 2. The van der Waals surface area contributed by atoms with Crippen LogP contribution in [-0.4, -0.2) is 40.0 Å². The van der Waals surface area contributed by atoms with Crippen LogP contribution >= 0.6 is 0 Å². The van der Waals surface area contributed by atoms with Crippen molar-refractivity contribution in [1.82, 2.24) is 20.0 Å². The Kier molecular flexibility index (Phi) is 7.18. The third-order valence-electron chi connectivity index (χ3n) is 5.10. The van der Waals surface area contributed by atoms with E-state index in [4.69, 9.17) is 4.98 Å². The van der Waals surface area contributed by atoms with Crippen molar-refractivity contribution in [2.45, 2.75) is 53.0 Å². The number of benzene rings is 1. The maximum absolute atomic E-state index is 13.1. The van der Waals surface area contributed by atoms with Gasteiger partial charge in [-0.2, -0.15) is 0 Å². The maximum atomic E-state index is 13.1. The Balaban J connectivity index is 1.87. The Morgan fingerprint density at radius 2 is 1.78 bits per heavy atom. The van der Waals surface area contributed by atoms with Crippen LogP contribution in [0.1, 0.15) is 56.2 Å². The van der Waals surface area contributed by atoms with Gasteiger partial charge in [0.05, 0.1) is 11.3 Å². The van der Waals surface area contributed by atoms with Crippen LogP contribution < -0.4 is 15.5 Å². The molecule has 3 rings (SSSR count). The molecule has 170 valence electrons. The van der Waals surface area contributed by atoms with E-state index in [0.29, 0.717) is 36.5 Å². The molecule has 32 heavy (non-hydrogen) atoms. The van der Waals surface area contributed by atoms with Crippen LogP contribution in [0.25, 0.3) is 5.65 Å². The third-order valence-corrected chi connectivity index (χ3v) is 5.10. The van der Waals surface area contributed by atoms with Gasteiger partial charge in [-0.05, 0) is 58.2 Å². The molecule has 0 fully saturated rings. The fraction of sp³-hybridized carbons (Fsp3) is 0.400. The molecular weight excluding hydrogens is 402 g/mol. The molecule has 2 N–H and O–H groups in total. The number of aromatic nitrogens is 2. The zero-order valence-electron chi connectivity index (χ0n) is 19.6. The Morgan fingerprint density at radius 1 is 1.06 bits per heavy atom. The number of rotatable bonds is 7. The lowest BCUT2D eigenvalue weighted by Crippen LogP contribution is -2.42. The monoisotopic (exact) mass is 435 g/mol. The van der Waals surface area contributed by atoms with E-state index in [1.54, 1.807) is 17.2 Å². The van der Waals surface area contributed by atoms with Gasteiger partial charge in [0, 0.05) is 24.8 Å². The van der Waals surface area contributed by atoms with Gasteiger partial charge in [-0.25, -0.2) is 9.78 Å². The van der Waals surface area contributed by atoms with Crippen LogP contribution in [0.5, 0.6) is 0 Å². The van der Waals surface area contributed by atoms with E-state index in [1.807, 2.05) is 75.4 Å². The van der Waals surface area contributed by atoms with Crippen molar-refractivity contribution in [3.8, 4) is 0 Å². The summed E-state index contributed by atoms with van der Waals surface area (Å²) in [4.78, 5) is 32.2. The number of fused-ring (bicyclic) bond motifs is 1. The van der Waals surface area contributed by atoms with E-state index in [-0.39, 0.29) is 17.5 Å². The second kappa shape index (κ2) is 9.85. The Bertz CT molecular complexity index is 1080. The van der Waals surface area contributed by atoms with Crippen molar-refractivity contribution >= 4 is 23.4 Å². The average molecular weight is 436 g/mol. The Morgan fingerprint density at radius 3 is 2.41 bits per heavy atom. The van der Waals surface area contributed by atoms with Crippen molar-refractivity contribution < 1.29 is 9.59 Å². The smallest absolute Gasteiger partial charge is 0.323 e. The van der Waals surface area contributed by atoms with Crippen molar-refractivity contribution in [1.29, 1.82) is 0 Å². The first-order valence-electron chi connectivity index (χ1n) is 11.2. The number of hydrogen-bond acceptors (Lipinski definition) is 3. The second-order valence-corrected chi connectivity index (χ2v) is 8.80. The standard InChI is InChI=1S/C25H33N5O2/c1-6-20-23(29(7-2)24(32)26-16-15-18-11-9-8-10-12-18)30-17-19(13-14-21(30)27-20)22(31)28-25(3,4)5/h8-14,17H,6-7,15-16H2,1-5H3,(H,26,32)(H,28,31). The van der Waals surface area contributed by atoms with Gasteiger partial charge in [0.15, 0.2) is 0 Å². The van der Waals surface area contributed by atoms with E-state index >= 15 is 0 Å². The molecule has 0 radical (unpaired) electrons. The number of carbonyl (C=O) groups is 2. The fourth-order valence-electron chi connectivity index (χ4n) is 3.59. The summed E-state index contributed by atoms with van der Waals surface area (Å²) in [6.45, 7) is 10.8. The first-order chi connectivity index (χ1) is 15.2. The summed E-state index contributed by atoms with van der Waals surface area (Å²) in [6, 6.07) is 13.5. The lowest BCUT2D eigenvalue weighted by Gasteiger charge is -2.23. The number of anilines is 1. The molecule has 3 aromatic rings. The number of imidazole rings is 1. The highest BCUT2D eigenvalue weighted by Crippen LogP contribution is 2.24. The Hall–Kier alpha value is -3.35. The van der Waals surface area contributed by atoms with Gasteiger partial charge in [-0.15, -0.1) is 0 Å². The minimum Gasteiger partial charge on any atom is -0.347 e. The second-order valence-electron chi connectivity index (χ2n) is 8.80. The van der Waals surface area contributed by atoms with Gasteiger partial charge in [0.25, 0.3) is 5.91 Å². The van der Waals surface area contributed by atoms with Gasteiger partial charge in [0.1, 0.15) is 11.5 Å². The van der Waals surface area contributed by atoms with E-state index in [0.717, 1.165) is 12.1 Å². The summed E-state index contributed by atoms with van der Waals surface area (Å²) in [7, 11) is 0. The predicted molar refractivity (Wildman–Crippen MR) is 128 cm³/mol. The number of nitrogens with zero attached hydrogens (tertiary/aromatic N) is 3. The molecule has 2 heterocycles. The first-order valence-corrected chi connectivity index (χ1v) is 11.2. The molecule has 0 unspecified atom stereocenters. The largest absolute Gasteiger partial charge is 0.347 e. The molecule has 1 aromatic carbocycles. The molecule has 0 bridgehead atoms. The molecule has 0 spiro atoms. The van der Waals surface area contributed by atoms with Crippen LogP contribution in [0.2, 0.25) is 0 Å². The maximum Gasteiger partial charge on any atom is 0.323 e. The molecule has 0 aliphatic rings. The van der Waals surface area contributed by atoms with Crippen LogP contribution in [-0.2, 0) is 12.8 Å². The highest BCUT2D eigenvalue weighted by atomic mass is 16.2. The molecule has 3 amide bonds. The number of nitrogens with one attached hydrogen (secondary N) is 2. The number of pyridine rings is 1.